The molecular weight excluding hydrogens is 414 g/mol. The molecule has 1 N–H and O–H groups in total. The van der Waals surface area contributed by atoms with E-state index in [-0.39, 0.29) is 35.2 Å². The van der Waals surface area contributed by atoms with E-state index in [1.807, 2.05) is 4.90 Å². The quantitative estimate of drug-likeness (QED) is 0.724. The SMILES string of the molecule is CN(C1CCCCC1)S(=O)(=O)c1ccccc1NC(=O)C1CC(=O)N(C2CCCC2)C1. The minimum Gasteiger partial charge on any atom is -0.339 e. The Labute approximate surface area is 185 Å². The summed E-state index contributed by atoms with van der Waals surface area (Å²) >= 11 is 0. The van der Waals surface area contributed by atoms with Crippen molar-refractivity contribution in [3.05, 3.63) is 24.3 Å². The van der Waals surface area contributed by atoms with Crippen LogP contribution < -0.4 is 5.32 Å². The van der Waals surface area contributed by atoms with Crippen molar-refractivity contribution in [1.82, 2.24) is 9.21 Å². The Balaban J connectivity index is 1.48. The maximum atomic E-state index is 13.3. The van der Waals surface area contributed by atoms with Gasteiger partial charge in [-0.3, -0.25) is 9.59 Å². The van der Waals surface area contributed by atoms with Gasteiger partial charge in [0.05, 0.1) is 11.6 Å². The number of hydrogen-bond donors (Lipinski definition) is 1. The highest BCUT2D eigenvalue weighted by Crippen LogP contribution is 2.32. The maximum Gasteiger partial charge on any atom is 0.245 e. The van der Waals surface area contributed by atoms with Crippen molar-refractivity contribution < 1.29 is 18.0 Å². The van der Waals surface area contributed by atoms with E-state index in [1.54, 1.807) is 31.3 Å². The largest absolute Gasteiger partial charge is 0.339 e. The minimum atomic E-state index is -3.73. The zero-order valence-electron chi connectivity index (χ0n) is 18.3. The first-order valence-electron chi connectivity index (χ1n) is 11.6. The highest BCUT2D eigenvalue weighted by molar-refractivity contribution is 7.89. The van der Waals surface area contributed by atoms with E-state index in [0.717, 1.165) is 57.8 Å². The van der Waals surface area contributed by atoms with Crippen LogP contribution >= 0.6 is 0 Å². The standard InChI is InChI=1S/C23H33N3O4S/c1-25(18-9-3-2-4-10-18)31(29,30)21-14-8-7-13-20(21)24-23(28)17-15-22(27)26(16-17)19-11-5-6-12-19/h7-8,13-14,17-19H,2-6,9-12,15-16H2,1H3,(H,24,28). The number of rotatable bonds is 6. The molecule has 31 heavy (non-hydrogen) atoms. The lowest BCUT2D eigenvalue weighted by Crippen LogP contribution is -2.38. The van der Waals surface area contributed by atoms with E-state index in [4.69, 9.17) is 0 Å². The molecule has 1 saturated heterocycles. The third-order valence-electron chi connectivity index (χ3n) is 7.19. The van der Waals surface area contributed by atoms with Crippen LogP contribution in [0, 0.1) is 5.92 Å². The van der Waals surface area contributed by atoms with Crippen LogP contribution in [0.15, 0.2) is 29.2 Å². The Morgan fingerprint density at radius 1 is 1.03 bits per heavy atom. The summed E-state index contributed by atoms with van der Waals surface area (Å²) in [4.78, 5) is 27.4. The topological polar surface area (TPSA) is 86.8 Å². The van der Waals surface area contributed by atoms with Crippen LogP contribution in [0.5, 0.6) is 0 Å². The van der Waals surface area contributed by atoms with Crippen molar-refractivity contribution in [1.29, 1.82) is 0 Å². The van der Waals surface area contributed by atoms with Crippen LogP contribution in [0.2, 0.25) is 0 Å². The molecule has 1 atom stereocenters. The summed E-state index contributed by atoms with van der Waals surface area (Å²) < 4.78 is 28.2. The van der Waals surface area contributed by atoms with Crippen LogP contribution in [-0.4, -0.2) is 55.1 Å². The number of benzene rings is 1. The number of carbonyl (C=O) groups is 2. The van der Waals surface area contributed by atoms with Crippen molar-refractivity contribution in [2.24, 2.45) is 5.92 Å². The van der Waals surface area contributed by atoms with E-state index in [1.165, 1.54) is 4.31 Å². The van der Waals surface area contributed by atoms with Gasteiger partial charge in [0, 0.05) is 32.1 Å². The van der Waals surface area contributed by atoms with Gasteiger partial charge in [0.25, 0.3) is 0 Å². The van der Waals surface area contributed by atoms with Crippen LogP contribution in [0.4, 0.5) is 5.69 Å². The smallest absolute Gasteiger partial charge is 0.245 e. The molecule has 1 aliphatic heterocycles. The Morgan fingerprint density at radius 3 is 2.39 bits per heavy atom. The second-order valence-corrected chi connectivity index (χ2v) is 11.1. The fourth-order valence-electron chi connectivity index (χ4n) is 5.30. The normalized spacial score (nSPS) is 23.6. The number of amides is 2. The molecule has 3 fully saturated rings. The molecule has 1 aromatic carbocycles. The van der Waals surface area contributed by atoms with E-state index < -0.39 is 15.9 Å². The number of hydrogen-bond acceptors (Lipinski definition) is 4. The molecule has 2 amide bonds. The van der Waals surface area contributed by atoms with Gasteiger partial charge in [-0.05, 0) is 37.8 Å². The van der Waals surface area contributed by atoms with Gasteiger partial charge in [0.2, 0.25) is 21.8 Å². The number of para-hydroxylation sites is 1. The highest BCUT2D eigenvalue weighted by Gasteiger charge is 2.39. The lowest BCUT2D eigenvalue weighted by Gasteiger charge is -2.31. The summed E-state index contributed by atoms with van der Waals surface area (Å²) in [5, 5.41) is 2.82. The number of likely N-dealkylation sites (tertiary alicyclic amines) is 1. The molecule has 8 heteroatoms. The maximum absolute atomic E-state index is 13.3. The molecule has 7 nitrogen and oxygen atoms in total. The zero-order valence-corrected chi connectivity index (χ0v) is 19.1. The third kappa shape index (κ3) is 4.65. The van der Waals surface area contributed by atoms with E-state index in [0.29, 0.717) is 12.2 Å². The van der Waals surface area contributed by atoms with Crippen molar-refractivity contribution >= 4 is 27.5 Å². The summed E-state index contributed by atoms with van der Waals surface area (Å²) in [5.74, 6) is -0.693. The van der Waals surface area contributed by atoms with Gasteiger partial charge in [-0.15, -0.1) is 0 Å². The first kappa shape index (κ1) is 22.3. The first-order chi connectivity index (χ1) is 14.9. The monoisotopic (exact) mass is 447 g/mol. The second kappa shape index (κ2) is 9.28. The van der Waals surface area contributed by atoms with E-state index in [2.05, 4.69) is 5.32 Å². The summed E-state index contributed by atoms with van der Waals surface area (Å²) in [7, 11) is -2.09. The summed E-state index contributed by atoms with van der Waals surface area (Å²) in [5.41, 5.74) is 0.293. The van der Waals surface area contributed by atoms with Crippen molar-refractivity contribution in [3.63, 3.8) is 0 Å². The summed E-state index contributed by atoms with van der Waals surface area (Å²) in [6.45, 7) is 0.423. The van der Waals surface area contributed by atoms with E-state index >= 15 is 0 Å². The Morgan fingerprint density at radius 2 is 1.68 bits per heavy atom. The first-order valence-corrected chi connectivity index (χ1v) is 13.0. The van der Waals surface area contributed by atoms with E-state index in [9.17, 15) is 18.0 Å². The predicted octanol–water partition coefficient (Wildman–Crippen LogP) is 3.37. The molecule has 2 aliphatic carbocycles. The average molecular weight is 448 g/mol. The number of sulfonamides is 1. The molecule has 0 spiro atoms. The van der Waals surface area contributed by atoms with Crippen LogP contribution in [0.25, 0.3) is 0 Å². The highest BCUT2D eigenvalue weighted by atomic mass is 32.2. The molecule has 0 radical (unpaired) electrons. The minimum absolute atomic E-state index is 0.00469. The van der Waals surface area contributed by atoms with Crippen molar-refractivity contribution in [3.8, 4) is 0 Å². The fraction of sp³-hybridized carbons (Fsp3) is 0.652. The Bertz CT molecular complexity index is 921. The summed E-state index contributed by atoms with van der Waals surface area (Å²) in [6, 6.07) is 6.83. The lowest BCUT2D eigenvalue weighted by atomic mass is 9.96. The molecule has 1 aromatic rings. The van der Waals surface area contributed by atoms with Crippen LogP contribution in [-0.2, 0) is 19.6 Å². The van der Waals surface area contributed by atoms with Gasteiger partial charge in [0.1, 0.15) is 4.90 Å². The summed E-state index contributed by atoms with van der Waals surface area (Å²) in [6.07, 6.45) is 9.43. The van der Waals surface area contributed by atoms with Crippen molar-refractivity contribution in [2.75, 3.05) is 18.9 Å². The molecule has 3 aliphatic rings. The zero-order chi connectivity index (χ0) is 22.0. The van der Waals surface area contributed by atoms with Gasteiger partial charge >= 0.3 is 0 Å². The average Bonchev–Trinajstić information content (AvgIpc) is 3.43. The number of carbonyl (C=O) groups excluding carboxylic acids is 2. The molecular formula is C23H33N3O4S. The number of nitrogens with zero attached hydrogens (tertiary/aromatic N) is 2. The van der Waals surface area contributed by atoms with Gasteiger partial charge < -0.3 is 10.2 Å². The second-order valence-electron chi connectivity index (χ2n) is 9.18. The molecule has 1 unspecified atom stereocenters. The fourth-order valence-corrected chi connectivity index (χ4v) is 6.86. The van der Waals surface area contributed by atoms with Gasteiger partial charge in [-0.25, -0.2) is 8.42 Å². The van der Waals surface area contributed by atoms with Crippen LogP contribution in [0.1, 0.15) is 64.2 Å². The third-order valence-corrected chi connectivity index (χ3v) is 9.15. The molecule has 2 saturated carbocycles. The van der Waals surface area contributed by atoms with Crippen LogP contribution in [0.3, 0.4) is 0 Å². The number of nitrogens with one attached hydrogen (secondary N) is 1. The molecule has 170 valence electrons. The molecule has 4 rings (SSSR count). The lowest BCUT2D eigenvalue weighted by molar-refractivity contribution is -0.129. The van der Waals surface area contributed by atoms with Gasteiger partial charge in [-0.2, -0.15) is 4.31 Å². The Kier molecular flexibility index (Phi) is 6.67. The predicted molar refractivity (Wildman–Crippen MR) is 119 cm³/mol. The van der Waals surface area contributed by atoms with Gasteiger partial charge in [-0.1, -0.05) is 44.2 Å². The number of anilines is 1. The molecule has 1 heterocycles. The Hall–Kier alpha value is -1.93. The van der Waals surface area contributed by atoms with Crippen molar-refractivity contribution in [2.45, 2.75) is 81.2 Å². The van der Waals surface area contributed by atoms with Gasteiger partial charge in [0.15, 0.2) is 0 Å². The molecule has 0 bridgehead atoms. The molecule has 0 aromatic heterocycles.